The van der Waals surface area contributed by atoms with Gasteiger partial charge in [0.25, 0.3) is 11.8 Å². The largest absolute Gasteiger partial charge is 0.383 e. The molecule has 4 aliphatic rings. The van der Waals surface area contributed by atoms with E-state index in [9.17, 15) is 28.8 Å². The van der Waals surface area contributed by atoms with Crippen LogP contribution in [0.2, 0.25) is 5.02 Å². The van der Waals surface area contributed by atoms with Crippen molar-refractivity contribution in [2.24, 2.45) is 17.1 Å². The van der Waals surface area contributed by atoms with E-state index in [1.807, 2.05) is 6.07 Å². The number of rotatable bonds is 18. The van der Waals surface area contributed by atoms with Crippen LogP contribution in [0.1, 0.15) is 79.0 Å². The second-order valence-electron chi connectivity index (χ2n) is 16.3. The number of piperidine rings is 2. The number of fused-ring (bicyclic) bond motifs is 1. The number of halogens is 1. The number of ether oxygens (including phenoxy) is 2. The molecule has 8 N–H and O–H groups in total. The van der Waals surface area contributed by atoms with Crippen LogP contribution in [-0.2, 0) is 28.7 Å². The van der Waals surface area contributed by atoms with Crippen molar-refractivity contribution in [2.75, 3.05) is 73.9 Å². The normalized spacial score (nSPS) is 20.5. The quantitative estimate of drug-likeness (QED) is 0.0788. The summed E-state index contributed by atoms with van der Waals surface area (Å²) >= 11 is 7.95. The standard InChI is InChI=1S/C43H53ClN10O8S/c1-25-11-12-43(37(25)45)13-17-53(18-14-43)32-24-49-40(38(46)51-32)63-31-4-2-3-29(36(31)44)50-34(56)10-9-33(55)48-16-20-62-22-21-61-19-15-47-26-5-6-27-28(23-26)42(60)54(41(27)59)30-7-8-35(57)52-39(30)58/h2-6,23-25,30,37,47H,7-22,45H2,1H3,(H2,46,51)(H,48,55)(H,50,56)(H,52,57,58). The Morgan fingerprint density at radius 1 is 0.952 bits per heavy atom. The van der Waals surface area contributed by atoms with Gasteiger partial charge < -0.3 is 41.8 Å². The van der Waals surface area contributed by atoms with Gasteiger partial charge in [-0.2, -0.15) is 0 Å². The first kappa shape index (κ1) is 45.7. The van der Waals surface area contributed by atoms with Gasteiger partial charge in [-0.05, 0) is 73.8 Å². The average molecular weight is 905 g/mol. The summed E-state index contributed by atoms with van der Waals surface area (Å²) in [6.07, 6.45) is 6.23. The summed E-state index contributed by atoms with van der Waals surface area (Å²) in [6.45, 7) is 5.82. The van der Waals surface area contributed by atoms with Crippen molar-refractivity contribution in [3.63, 3.8) is 0 Å². The molecular formula is C43H53ClN10O8S. The molecule has 3 fully saturated rings. The number of aromatic nitrogens is 2. The Morgan fingerprint density at radius 2 is 1.68 bits per heavy atom. The van der Waals surface area contributed by atoms with Crippen LogP contribution in [0.25, 0.3) is 0 Å². The number of benzene rings is 2. The van der Waals surface area contributed by atoms with Crippen molar-refractivity contribution in [1.29, 1.82) is 0 Å². The van der Waals surface area contributed by atoms with Gasteiger partial charge in [0.15, 0.2) is 5.82 Å². The van der Waals surface area contributed by atoms with Crippen molar-refractivity contribution < 1.29 is 38.2 Å². The van der Waals surface area contributed by atoms with E-state index in [4.69, 9.17) is 32.5 Å². The van der Waals surface area contributed by atoms with Crippen LogP contribution in [0.3, 0.4) is 0 Å². The first-order chi connectivity index (χ1) is 30.3. The lowest BCUT2D eigenvalue weighted by Crippen LogP contribution is -2.54. The summed E-state index contributed by atoms with van der Waals surface area (Å²) in [5, 5.41) is 11.7. The highest BCUT2D eigenvalue weighted by atomic mass is 35.5. The fourth-order valence-corrected chi connectivity index (χ4v) is 9.69. The number of carbonyl (C=O) groups is 6. The van der Waals surface area contributed by atoms with Crippen LogP contribution >= 0.6 is 23.4 Å². The number of nitrogens with one attached hydrogen (secondary N) is 4. The minimum Gasteiger partial charge on any atom is -0.383 e. The van der Waals surface area contributed by atoms with Crippen molar-refractivity contribution in [3.8, 4) is 0 Å². The molecule has 336 valence electrons. The average Bonchev–Trinajstić information content (AvgIpc) is 3.68. The predicted molar refractivity (Wildman–Crippen MR) is 236 cm³/mol. The van der Waals surface area contributed by atoms with E-state index in [1.165, 1.54) is 30.7 Å². The summed E-state index contributed by atoms with van der Waals surface area (Å²) in [4.78, 5) is 87.9. The Kier molecular flexibility index (Phi) is 14.8. The third-order valence-electron chi connectivity index (χ3n) is 12.2. The lowest BCUT2D eigenvalue weighted by Gasteiger charge is -2.43. The highest BCUT2D eigenvalue weighted by Gasteiger charge is 2.47. The topological polar surface area (TPSA) is 253 Å². The van der Waals surface area contributed by atoms with Crippen LogP contribution in [-0.4, -0.2) is 115 Å². The highest BCUT2D eigenvalue weighted by molar-refractivity contribution is 7.99. The van der Waals surface area contributed by atoms with Crippen LogP contribution in [0, 0.1) is 11.3 Å². The molecule has 63 heavy (non-hydrogen) atoms. The number of nitrogens with two attached hydrogens (primary N) is 2. The van der Waals surface area contributed by atoms with Gasteiger partial charge in [-0.3, -0.25) is 39.0 Å². The summed E-state index contributed by atoms with van der Waals surface area (Å²) in [7, 11) is 0. The molecule has 6 amide bonds. The summed E-state index contributed by atoms with van der Waals surface area (Å²) in [5.41, 5.74) is 14.6. The molecular weight excluding hydrogens is 852 g/mol. The van der Waals surface area contributed by atoms with E-state index in [2.05, 4.69) is 43.1 Å². The van der Waals surface area contributed by atoms with Crippen LogP contribution in [0.5, 0.6) is 0 Å². The number of hydrogen-bond acceptors (Lipinski definition) is 15. The molecule has 0 radical (unpaired) electrons. The first-order valence-electron chi connectivity index (χ1n) is 21.2. The maximum atomic E-state index is 13.0. The minimum atomic E-state index is -1.02. The number of carbonyl (C=O) groups excluding carboxylic acids is 6. The fourth-order valence-electron chi connectivity index (χ4n) is 8.59. The van der Waals surface area contributed by atoms with Crippen LogP contribution in [0.15, 0.2) is 52.5 Å². The molecule has 2 saturated heterocycles. The molecule has 2 aromatic carbocycles. The molecule has 20 heteroatoms. The molecule has 1 spiro atoms. The molecule has 18 nitrogen and oxygen atoms in total. The monoisotopic (exact) mass is 904 g/mol. The van der Waals surface area contributed by atoms with E-state index in [-0.39, 0.29) is 73.2 Å². The lowest BCUT2D eigenvalue weighted by atomic mass is 9.73. The van der Waals surface area contributed by atoms with E-state index < -0.39 is 29.7 Å². The molecule has 1 aliphatic carbocycles. The fraction of sp³-hybridized carbons (Fsp3) is 0.488. The third kappa shape index (κ3) is 10.7. The van der Waals surface area contributed by atoms with Crippen LogP contribution < -0.4 is 37.6 Å². The highest BCUT2D eigenvalue weighted by Crippen LogP contribution is 2.48. The molecule has 3 aliphatic heterocycles. The van der Waals surface area contributed by atoms with Gasteiger partial charge in [-0.15, -0.1) is 0 Å². The Balaban J connectivity index is 0.741. The van der Waals surface area contributed by atoms with Gasteiger partial charge in [0.2, 0.25) is 23.6 Å². The zero-order chi connectivity index (χ0) is 44.7. The lowest BCUT2D eigenvalue weighted by molar-refractivity contribution is -0.136. The number of anilines is 4. The van der Waals surface area contributed by atoms with Gasteiger partial charge in [-0.1, -0.05) is 36.4 Å². The van der Waals surface area contributed by atoms with E-state index in [0.29, 0.717) is 64.4 Å². The van der Waals surface area contributed by atoms with Gasteiger partial charge >= 0.3 is 0 Å². The van der Waals surface area contributed by atoms with Gasteiger partial charge in [-0.25, -0.2) is 9.97 Å². The summed E-state index contributed by atoms with van der Waals surface area (Å²) < 4.78 is 11.1. The zero-order valence-electron chi connectivity index (χ0n) is 35.1. The van der Waals surface area contributed by atoms with Crippen molar-refractivity contribution in [3.05, 3.63) is 58.7 Å². The molecule has 1 saturated carbocycles. The number of hydrogen-bond donors (Lipinski definition) is 6. The molecule has 3 aromatic rings. The predicted octanol–water partition coefficient (Wildman–Crippen LogP) is 3.59. The maximum absolute atomic E-state index is 13.0. The number of amides is 6. The number of nitrogen functional groups attached to an aromatic ring is 1. The third-order valence-corrected chi connectivity index (χ3v) is 13.8. The number of nitrogens with zero attached hydrogens (tertiary/aromatic N) is 4. The summed E-state index contributed by atoms with van der Waals surface area (Å²) in [5.74, 6) is -1.30. The first-order valence-corrected chi connectivity index (χ1v) is 22.4. The SMILES string of the molecule is CC1CCC2(CCN(c3cnc(Sc4cccc(NC(=O)CCC(=O)NCCOCCOCCNc5ccc6c(c5)C(=O)N(C5CCC(=O)NC5=O)C6=O)c4Cl)c(N)n3)CC2)C1N. The van der Waals surface area contributed by atoms with Gasteiger partial charge in [0.1, 0.15) is 16.9 Å². The molecule has 1 aromatic heterocycles. The Hall–Kier alpha value is -5.34. The Labute approximate surface area is 374 Å². The van der Waals surface area contributed by atoms with Crippen LogP contribution in [0.4, 0.5) is 23.0 Å². The van der Waals surface area contributed by atoms with Gasteiger partial charge in [0, 0.05) is 62.1 Å². The summed E-state index contributed by atoms with van der Waals surface area (Å²) in [6, 6.07) is 9.24. The van der Waals surface area contributed by atoms with E-state index >= 15 is 0 Å². The second-order valence-corrected chi connectivity index (χ2v) is 17.7. The smallest absolute Gasteiger partial charge is 0.262 e. The van der Waals surface area contributed by atoms with E-state index in [0.717, 1.165) is 36.6 Å². The molecule has 4 heterocycles. The van der Waals surface area contributed by atoms with E-state index in [1.54, 1.807) is 30.5 Å². The van der Waals surface area contributed by atoms with Crippen molar-refractivity contribution in [1.82, 2.24) is 25.5 Å². The molecule has 0 bridgehead atoms. The molecule has 3 atom stereocenters. The minimum absolute atomic E-state index is 0.0246. The molecule has 3 unspecified atom stereocenters. The second kappa shape index (κ2) is 20.4. The zero-order valence-corrected chi connectivity index (χ0v) is 36.7. The van der Waals surface area contributed by atoms with Gasteiger partial charge in [0.05, 0.1) is 54.5 Å². The number of imide groups is 2. The van der Waals surface area contributed by atoms with Crippen molar-refractivity contribution >= 4 is 81.8 Å². The molecule has 7 rings (SSSR count). The maximum Gasteiger partial charge on any atom is 0.262 e. The van der Waals surface area contributed by atoms with Crippen molar-refractivity contribution in [2.45, 2.75) is 80.3 Å². The Bertz CT molecular complexity index is 2240. The Morgan fingerprint density at radius 3 is 2.40 bits per heavy atom.